The van der Waals surface area contributed by atoms with E-state index >= 15 is 0 Å². The van der Waals surface area contributed by atoms with Crippen molar-refractivity contribution < 1.29 is 0 Å². The zero-order chi connectivity index (χ0) is 7.56. The highest BCUT2D eigenvalue weighted by Crippen LogP contribution is 2.38. The molecule has 0 amide bonds. The molecule has 60 valence electrons. The molecular weight excluding hydrogens is 140 g/mol. The predicted octanol–water partition coefficient (Wildman–Crippen LogP) is 3.13. The molecule has 2 atom stereocenters. The van der Waals surface area contributed by atoms with E-state index in [0.717, 1.165) is 11.8 Å². The van der Waals surface area contributed by atoms with Crippen LogP contribution in [0.1, 0.15) is 39.5 Å². The molecule has 0 nitrogen and oxygen atoms in total. The summed E-state index contributed by atoms with van der Waals surface area (Å²) in [4.78, 5) is 0. The van der Waals surface area contributed by atoms with Crippen LogP contribution in [-0.4, -0.2) is 5.25 Å². The summed E-state index contributed by atoms with van der Waals surface area (Å²) in [5.41, 5.74) is 0. The standard InChI is InChI=1S/C9H18S/c1-3-7-5-9(10)6-8(7)4-2/h7-10H,3-6H2,1-2H3. The largest absolute Gasteiger partial charge is 0.176 e. The van der Waals surface area contributed by atoms with Gasteiger partial charge in [0.15, 0.2) is 0 Å². The Morgan fingerprint density at radius 3 is 1.80 bits per heavy atom. The summed E-state index contributed by atoms with van der Waals surface area (Å²) in [6.07, 6.45) is 5.43. The highest BCUT2D eigenvalue weighted by molar-refractivity contribution is 7.80. The Morgan fingerprint density at radius 1 is 1.10 bits per heavy atom. The summed E-state index contributed by atoms with van der Waals surface area (Å²) in [5, 5.41) is 0.704. The van der Waals surface area contributed by atoms with E-state index in [1.54, 1.807) is 0 Å². The first kappa shape index (κ1) is 8.45. The van der Waals surface area contributed by atoms with E-state index in [-0.39, 0.29) is 0 Å². The van der Waals surface area contributed by atoms with Crippen molar-refractivity contribution in [3.05, 3.63) is 0 Å². The van der Waals surface area contributed by atoms with Gasteiger partial charge in [-0.25, -0.2) is 0 Å². The maximum Gasteiger partial charge on any atom is 0.00222 e. The van der Waals surface area contributed by atoms with Gasteiger partial charge in [0.25, 0.3) is 0 Å². The Hall–Kier alpha value is 0.350. The molecule has 0 saturated heterocycles. The number of hydrogen-bond donors (Lipinski definition) is 1. The smallest absolute Gasteiger partial charge is 0.00222 e. The van der Waals surface area contributed by atoms with Crippen molar-refractivity contribution in [2.75, 3.05) is 0 Å². The second-order valence-corrected chi connectivity index (χ2v) is 4.19. The molecule has 10 heavy (non-hydrogen) atoms. The lowest BCUT2D eigenvalue weighted by atomic mass is 9.92. The van der Waals surface area contributed by atoms with Crippen molar-refractivity contribution in [3.8, 4) is 0 Å². The van der Waals surface area contributed by atoms with Crippen molar-refractivity contribution in [1.82, 2.24) is 0 Å². The monoisotopic (exact) mass is 158 g/mol. The molecule has 0 aliphatic heterocycles. The zero-order valence-electron chi connectivity index (χ0n) is 7.01. The summed E-state index contributed by atoms with van der Waals surface area (Å²) in [7, 11) is 0. The van der Waals surface area contributed by atoms with Crippen LogP contribution in [0.3, 0.4) is 0 Å². The van der Waals surface area contributed by atoms with E-state index in [2.05, 4.69) is 26.5 Å². The van der Waals surface area contributed by atoms with Crippen LogP contribution in [0.4, 0.5) is 0 Å². The fourth-order valence-corrected chi connectivity index (χ4v) is 2.72. The third-order valence-electron chi connectivity index (χ3n) is 2.87. The molecule has 0 aromatic rings. The molecule has 0 N–H and O–H groups in total. The van der Waals surface area contributed by atoms with E-state index < -0.39 is 0 Å². The van der Waals surface area contributed by atoms with Crippen LogP contribution in [0.15, 0.2) is 0 Å². The molecule has 0 bridgehead atoms. The summed E-state index contributed by atoms with van der Waals surface area (Å²) in [6, 6.07) is 0. The topological polar surface area (TPSA) is 0 Å². The Kier molecular flexibility index (Phi) is 3.09. The van der Waals surface area contributed by atoms with E-state index in [9.17, 15) is 0 Å². The van der Waals surface area contributed by atoms with Crippen LogP contribution in [-0.2, 0) is 0 Å². The van der Waals surface area contributed by atoms with Gasteiger partial charge in [-0.2, -0.15) is 12.6 Å². The van der Waals surface area contributed by atoms with E-state index in [1.807, 2.05) is 0 Å². The molecule has 2 unspecified atom stereocenters. The SMILES string of the molecule is CCC1CC(S)CC1CC. The molecule has 0 radical (unpaired) electrons. The summed E-state index contributed by atoms with van der Waals surface area (Å²) in [5.74, 6) is 1.96. The van der Waals surface area contributed by atoms with Crippen molar-refractivity contribution in [3.63, 3.8) is 0 Å². The van der Waals surface area contributed by atoms with Gasteiger partial charge in [-0.1, -0.05) is 26.7 Å². The fourth-order valence-electron chi connectivity index (χ4n) is 2.18. The molecule has 1 heteroatoms. The average Bonchev–Trinajstić information content (AvgIpc) is 2.30. The van der Waals surface area contributed by atoms with Crippen LogP contribution in [0.5, 0.6) is 0 Å². The van der Waals surface area contributed by atoms with Gasteiger partial charge < -0.3 is 0 Å². The highest BCUT2D eigenvalue weighted by atomic mass is 32.1. The minimum Gasteiger partial charge on any atom is -0.176 e. The van der Waals surface area contributed by atoms with Gasteiger partial charge in [-0.15, -0.1) is 0 Å². The molecule has 1 rings (SSSR count). The van der Waals surface area contributed by atoms with Gasteiger partial charge in [0, 0.05) is 5.25 Å². The normalized spacial score (nSPS) is 40.5. The Labute approximate surface area is 69.8 Å². The maximum atomic E-state index is 4.52. The second kappa shape index (κ2) is 3.66. The molecule has 1 fully saturated rings. The Morgan fingerprint density at radius 2 is 1.50 bits per heavy atom. The first-order chi connectivity index (χ1) is 4.77. The molecule has 1 saturated carbocycles. The van der Waals surface area contributed by atoms with Gasteiger partial charge in [0.05, 0.1) is 0 Å². The first-order valence-corrected chi connectivity index (χ1v) is 4.97. The van der Waals surface area contributed by atoms with Crippen molar-refractivity contribution in [2.45, 2.75) is 44.8 Å². The molecular formula is C9H18S. The molecule has 1 aliphatic carbocycles. The summed E-state index contributed by atoms with van der Waals surface area (Å²) in [6.45, 7) is 4.61. The van der Waals surface area contributed by atoms with Gasteiger partial charge in [0.2, 0.25) is 0 Å². The lowest BCUT2D eigenvalue weighted by Crippen LogP contribution is -2.04. The van der Waals surface area contributed by atoms with Crippen LogP contribution >= 0.6 is 12.6 Å². The van der Waals surface area contributed by atoms with Crippen molar-refractivity contribution >= 4 is 12.6 Å². The second-order valence-electron chi connectivity index (χ2n) is 3.46. The van der Waals surface area contributed by atoms with Crippen LogP contribution in [0.25, 0.3) is 0 Å². The lowest BCUT2D eigenvalue weighted by Gasteiger charge is -2.14. The molecule has 0 spiro atoms. The third-order valence-corrected chi connectivity index (χ3v) is 3.29. The zero-order valence-corrected chi connectivity index (χ0v) is 7.90. The fraction of sp³-hybridized carbons (Fsp3) is 1.00. The number of rotatable bonds is 2. The van der Waals surface area contributed by atoms with Gasteiger partial charge in [0.1, 0.15) is 0 Å². The highest BCUT2D eigenvalue weighted by Gasteiger charge is 2.29. The van der Waals surface area contributed by atoms with Crippen molar-refractivity contribution in [1.29, 1.82) is 0 Å². The van der Waals surface area contributed by atoms with E-state index in [0.29, 0.717) is 5.25 Å². The van der Waals surface area contributed by atoms with E-state index in [1.165, 1.54) is 25.7 Å². The summed E-state index contributed by atoms with van der Waals surface area (Å²) >= 11 is 4.52. The van der Waals surface area contributed by atoms with Crippen molar-refractivity contribution in [2.24, 2.45) is 11.8 Å². The van der Waals surface area contributed by atoms with E-state index in [4.69, 9.17) is 0 Å². The number of thiol groups is 1. The molecule has 0 heterocycles. The third kappa shape index (κ3) is 1.69. The Bertz CT molecular complexity index is 88.9. The van der Waals surface area contributed by atoms with Crippen LogP contribution in [0, 0.1) is 11.8 Å². The summed E-state index contributed by atoms with van der Waals surface area (Å²) < 4.78 is 0. The first-order valence-electron chi connectivity index (χ1n) is 4.46. The minimum atomic E-state index is 0.704. The van der Waals surface area contributed by atoms with Gasteiger partial charge in [-0.05, 0) is 24.7 Å². The van der Waals surface area contributed by atoms with Gasteiger partial charge >= 0.3 is 0 Å². The lowest BCUT2D eigenvalue weighted by molar-refractivity contribution is 0.367. The number of hydrogen-bond acceptors (Lipinski definition) is 1. The molecule has 0 aromatic heterocycles. The quantitative estimate of drug-likeness (QED) is 0.586. The van der Waals surface area contributed by atoms with Gasteiger partial charge in [-0.3, -0.25) is 0 Å². The molecule has 0 aromatic carbocycles. The predicted molar refractivity (Wildman–Crippen MR) is 49.6 cm³/mol. The van der Waals surface area contributed by atoms with Crippen LogP contribution < -0.4 is 0 Å². The minimum absolute atomic E-state index is 0.704. The maximum absolute atomic E-state index is 4.52. The Balaban J connectivity index is 2.41. The molecule has 1 aliphatic rings. The van der Waals surface area contributed by atoms with Crippen LogP contribution in [0.2, 0.25) is 0 Å². The average molecular weight is 158 g/mol.